The van der Waals surface area contributed by atoms with Gasteiger partial charge in [-0.3, -0.25) is 24.0 Å². The zero-order valence-electron chi connectivity index (χ0n) is 16.8. The van der Waals surface area contributed by atoms with Crippen LogP contribution < -0.4 is 21.9 Å². The summed E-state index contributed by atoms with van der Waals surface area (Å²) in [6.07, 6.45) is 5.02. The number of H-pyrrole nitrogens is 1. The highest BCUT2D eigenvalue weighted by Gasteiger charge is 2.26. The van der Waals surface area contributed by atoms with Crippen molar-refractivity contribution in [2.24, 2.45) is 5.92 Å². The summed E-state index contributed by atoms with van der Waals surface area (Å²) in [7, 11) is 0. The van der Waals surface area contributed by atoms with Crippen molar-refractivity contribution in [1.82, 2.24) is 14.5 Å². The Morgan fingerprint density at radius 2 is 1.89 bits per heavy atom. The van der Waals surface area contributed by atoms with Crippen LogP contribution in [0.1, 0.15) is 52.9 Å². The molecule has 1 amide bonds. The maximum Gasteiger partial charge on any atom is 0.330 e. The number of aromatic amines is 1. The Labute approximate surface area is 160 Å². The molecule has 1 fully saturated rings. The van der Waals surface area contributed by atoms with Crippen LogP contribution in [0.25, 0.3) is 0 Å². The van der Waals surface area contributed by atoms with Gasteiger partial charge in [0, 0.05) is 13.1 Å². The molecule has 8 nitrogen and oxygen atoms in total. The van der Waals surface area contributed by atoms with Gasteiger partial charge in [0.2, 0.25) is 5.91 Å². The lowest BCUT2D eigenvalue weighted by Gasteiger charge is -2.31. The minimum atomic E-state index is -0.599. The van der Waals surface area contributed by atoms with Crippen molar-refractivity contribution in [3.63, 3.8) is 0 Å². The molecule has 0 spiro atoms. The third-order valence-corrected chi connectivity index (χ3v) is 4.88. The first-order valence-corrected chi connectivity index (χ1v) is 10.0. The first kappa shape index (κ1) is 21.2. The Bertz CT molecular complexity index is 747. The highest BCUT2D eigenvalue weighted by atomic mass is 16.2. The number of hydrogen-bond donors (Lipinski definition) is 2. The zero-order chi connectivity index (χ0) is 20.0. The normalized spacial score (nSPS) is 15.3. The second kappa shape index (κ2) is 9.73. The Balaban J connectivity index is 2.38. The van der Waals surface area contributed by atoms with Gasteiger partial charge >= 0.3 is 5.69 Å². The lowest BCUT2D eigenvalue weighted by molar-refractivity contribution is -0.120. The summed E-state index contributed by atoms with van der Waals surface area (Å²) in [5.41, 5.74) is 5.18. The molecule has 0 aliphatic carbocycles. The van der Waals surface area contributed by atoms with Crippen LogP contribution in [-0.2, 0) is 11.3 Å². The minimum absolute atomic E-state index is 0.0739. The molecule has 2 rings (SSSR count). The monoisotopic (exact) mass is 379 g/mol. The Hall–Kier alpha value is -2.09. The second-order valence-corrected chi connectivity index (χ2v) is 7.73. The van der Waals surface area contributed by atoms with Gasteiger partial charge in [-0.2, -0.15) is 0 Å². The standard InChI is InChI=1S/C19H33N5O3/c1-4-5-11-23-17(20)16(18(26)21-19(23)27)24(12-14(2)3)15(25)13-22-9-7-6-8-10-22/h14H,4-13,20H2,1-3H3,(H,21,26,27). The maximum atomic E-state index is 13.1. The minimum Gasteiger partial charge on any atom is -0.383 e. The number of nitrogens with one attached hydrogen (secondary N) is 1. The number of nitrogens with zero attached hydrogens (tertiary/aromatic N) is 3. The van der Waals surface area contributed by atoms with Crippen LogP contribution in [0.15, 0.2) is 9.59 Å². The number of rotatable bonds is 8. The summed E-state index contributed by atoms with van der Waals surface area (Å²) in [5, 5.41) is 0. The van der Waals surface area contributed by atoms with E-state index in [4.69, 9.17) is 5.73 Å². The Morgan fingerprint density at radius 1 is 1.22 bits per heavy atom. The molecule has 1 aromatic heterocycles. The number of anilines is 2. The molecule has 1 aliphatic heterocycles. The number of likely N-dealkylation sites (tertiary alicyclic amines) is 1. The van der Waals surface area contributed by atoms with Gasteiger partial charge in [-0.1, -0.05) is 33.6 Å². The third kappa shape index (κ3) is 5.45. The van der Waals surface area contributed by atoms with E-state index in [0.717, 1.165) is 38.8 Å². The van der Waals surface area contributed by atoms with E-state index in [1.165, 1.54) is 15.9 Å². The smallest absolute Gasteiger partial charge is 0.330 e. The predicted octanol–water partition coefficient (Wildman–Crippen LogP) is 1.39. The first-order valence-electron chi connectivity index (χ1n) is 10.0. The highest BCUT2D eigenvalue weighted by molar-refractivity contribution is 5.96. The van der Waals surface area contributed by atoms with Crippen molar-refractivity contribution in [2.75, 3.05) is 36.8 Å². The van der Waals surface area contributed by atoms with Crippen molar-refractivity contribution in [3.8, 4) is 0 Å². The Morgan fingerprint density at radius 3 is 2.48 bits per heavy atom. The molecule has 8 heteroatoms. The van der Waals surface area contributed by atoms with Crippen LogP contribution in [-0.4, -0.2) is 46.5 Å². The number of hydrogen-bond acceptors (Lipinski definition) is 5. The van der Waals surface area contributed by atoms with Crippen LogP contribution >= 0.6 is 0 Å². The molecule has 0 aromatic carbocycles. The zero-order valence-corrected chi connectivity index (χ0v) is 16.8. The number of nitrogen functional groups attached to an aromatic ring is 1. The lowest BCUT2D eigenvalue weighted by Crippen LogP contribution is -2.47. The molecule has 27 heavy (non-hydrogen) atoms. The predicted molar refractivity (Wildman–Crippen MR) is 108 cm³/mol. The molecule has 0 bridgehead atoms. The number of nitrogens with two attached hydrogens (primary N) is 1. The molecule has 1 saturated heterocycles. The summed E-state index contributed by atoms with van der Waals surface area (Å²) < 4.78 is 1.36. The molecule has 0 unspecified atom stereocenters. The van der Waals surface area contributed by atoms with Crippen molar-refractivity contribution >= 4 is 17.4 Å². The van der Waals surface area contributed by atoms with Crippen LogP contribution in [0.2, 0.25) is 0 Å². The topological polar surface area (TPSA) is 104 Å². The van der Waals surface area contributed by atoms with Gasteiger partial charge in [-0.05, 0) is 38.3 Å². The van der Waals surface area contributed by atoms with E-state index in [2.05, 4.69) is 9.88 Å². The number of amides is 1. The molecular weight excluding hydrogens is 346 g/mol. The van der Waals surface area contributed by atoms with Crippen molar-refractivity contribution < 1.29 is 4.79 Å². The average Bonchev–Trinajstić information content (AvgIpc) is 2.61. The average molecular weight is 380 g/mol. The molecule has 2 heterocycles. The quantitative estimate of drug-likeness (QED) is 0.710. The van der Waals surface area contributed by atoms with E-state index in [-0.39, 0.29) is 29.9 Å². The SMILES string of the molecule is CCCCn1c(N)c(N(CC(C)C)C(=O)CN2CCCCC2)c(=O)[nH]c1=O. The maximum absolute atomic E-state index is 13.1. The van der Waals surface area contributed by atoms with Crippen LogP contribution in [0, 0.1) is 5.92 Å². The second-order valence-electron chi connectivity index (χ2n) is 7.73. The summed E-state index contributed by atoms with van der Waals surface area (Å²) in [6.45, 7) is 8.83. The van der Waals surface area contributed by atoms with E-state index < -0.39 is 11.2 Å². The van der Waals surface area contributed by atoms with E-state index in [9.17, 15) is 14.4 Å². The molecule has 3 N–H and O–H groups in total. The number of carbonyl (C=O) groups is 1. The van der Waals surface area contributed by atoms with E-state index in [1.807, 2.05) is 20.8 Å². The molecular formula is C19H33N5O3. The molecule has 0 atom stereocenters. The highest BCUT2D eigenvalue weighted by Crippen LogP contribution is 2.20. The van der Waals surface area contributed by atoms with Gasteiger partial charge in [0.05, 0.1) is 6.54 Å². The molecule has 0 saturated carbocycles. The fourth-order valence-electron chi connectivity index (χ4n) is 3.45. The van der Waals surface area contributed by atoms with Gasteiger partial charge in [-0.15, -0.1) is 0 Å². The number of piperidine rings is 1. The van der Waals surface area contributed by atoms with Crippen molar-refractivity contribution in [3.05, 3.63) is 20.8 Å². The lowest BCUT2D eigenvalue weighted by atomic mass is 10.1. The van der Waals surface area contributed by atoms with E-state index in [0.29, 0.717) is 13.1 Å². The molecule has 1 aliphatic rings. The number of carbonyl (C=O) groups excluding carboxylic acids is 1. The van der Waals surface area contributed by atoms with Crippen LogP contribution in [0.3, 0.4) is 0 Å². The summed E-state index contributed by atoms with van der Waals surface area (Å²) >= 11 is 0. The van der Waals surface area contributed by atoms with Crippen LogP contribution in [0.4, 0.5) is 11.5 Å². The van der Waals surface area contributed by atoms with E-state index in [1.54, 1.807) is 0 Å². The van der Waals surface area contributed by atoms with Crippen molar-refractivity contribution in [1.29, 1.82) is 0 Å². The van der Waals surface area contributed by atoms with Gasteiger partial charge in [0.25, 0.3) is 5.56 Å². The fraction of sp³-hybridized carbons (Fsp3) is 0.737. The van der Waals surface area contributed by atoms with Crippen LogP contribution in [0.5, 0.6) is 0 Å². The van der Waals surface area contributed by atoms with Gasteiger partial charge < -0.3 is 10.6 Å². The molecule has 152 valence electrons. The summed E-state index contributed by atoms with van der Waals surface area (Å²) in [6, 6.07) is 0. The van der Waals surface area contributed by atoms with Gasteiger partial charge in [0.1, 0.15) is 5.82 Å². The molecule has 0 radical (unpaired) electrons. The largest absolute Gasteiger partial charge is 0.383 e. The summed E-state index contributed by atoms with van der Waals surface area (Å²) in [5.74, 6) is 0.0819. The fourth-order valence-corrected chi connectivity index (χ4v) is 3.45. The number of unbranched alkanes of at least 4 members (excludes halogenated alkanes) is 1. The first-order chi connectivity index (χ1) is 12.8. The third-order valence-electron chi connectivity index (χ3n) is 4.88. The van der Waals surface area contributed by atoms with E-state index >= 15 is 0 Å². The van der Waals surface area contributed by atoms with Gasteiger partial charge in [-0.25, -0.2) is 4.79 Å². The van der Waals surface area contributed by atoms with Crippen molar-refractivity contribution in [2.45, 2.75) is 59.4 Å². The Kier molecular flexibility index (Phi) is 7.65. The van der Waals surface area contributed by atoms with Gasteiger partial charge in [0.15, 0.2) is 5.69 Å². The summed E-state index contributed by atoms with van der Waals surface area (Å²) in [4.78, 5) is 43.7. The molecule has 1 aromatic rings. The number of aromatic nitrogens is 2.